The van der Waals surface area contributed by atoms with E-state index in [9.17, 15) is 0 Å². The molecule has 1 atom stereocenters. The average molecular weight is 442 g/mol. The van der Waals surface area contributed by atoms with Gasteiger partial charge in [0, 0.05) is 33.7 Å². The average Bonchev–Trinajstić information content (AvgIpc) is 2.73. The summed E-state index contributed by atoms with van der Waals surface area (Å²) in [5.74, 6) is 0. The number of aromatic nitrogens is 1. The number of anilines is 1. The van der Waals surface area contributed by atoms with Crippen LogP contribution in [0.4, 0.5) is 5.69 Å². The molecule has 0 spiro atoms. The first kappa shape index (κ1) is 22.6. The van der Waals surface area contributed by atoms with Crippen molar-refractivity contribution in [3.8, 4) is 0 Å². The number of hydrogen-bond donors (Lipinski definition) is 1. The van der Waals surface area contributed by atoms with Crippen molar-refractivity contribution < 1.29 is 0 Å². The molecule has 0 aliphatic carbocycles. The van der Waals surface area contributed by atoms with Crippen LogP contribution in [0.25, 0.3) is 23.1 Å². The summed E-state index contributed by atoms with van der Waals surface area (Å²) in [5.41, 5.74) is 3.78. The predicted octanol–water partition coefficient (Wildman–Crippen LogP) is 7.24. The van der Waals surface area contributed by atoms with Gasteiger partial charge in [-0.15, -0.1) is 0 Å². The number of rotatable bonds is 9. The van der Waals surface area contributed by atoms with Crippen molar-refractivity contribution in [2.45, 2.75) is 33.2 Å². The van der Waals surface area contributed by atoms with Crippen molar-refractivity contribution in [2.75, 3.05) is 25.0 Å². The summed E-state index contributed by atoms with van der Waals surface area (Å²) in [6.07, 6.45) is 5.06. The third kappa shape index (κ3) is 5.98. The standard InChI is InChI=1S/C25H29Cl2N3/c1-4-30(5-2)15-14-18(3)28-25-17-21(12-10-19-8-6-7-9-23(19)27)29-24-16-20(26)11-13-22(24)25/h6-13,16-18H,4-5,14-15H2,1-3H3,(H,28,29)/b12-10+. The van der Waals surface area contributed by atoms with E-state index in [4.69, 9.17) is 28.2 Å². The van der Waals surface area contributed by atoms with Crippen LogP contribution in [0.3, 0.4) is 0 Å². The Labute approximate surface area is 189 Å². The van der Waals surface area contributed by atoms with Crippen LogP contribution in [0.5, 0.6) is 0 Å². The van der Waals surface area contributed by atoms with E-state index in [0.717, 1.165) is 58.9 Å². The van der Waals surface area contributed by atoms with Crippen LogP contribution < -0.4 is 5.32 Å². The maximum absolute atomic E-state index is 6.29. The Kier molecular flexibility index (Phi) is 8.15. The molecule has 1 N–H and O–H groups in total. The quantitative estimate of drug-likeness (QED) is 0.378. The first-order chi connectivity index (χ1) is 14.5. The van der Waals surface area contributed by atoms with E-state index in [1.54, 1.807) is 0 Å². The fourth-order valence-electron chi connectivity index (χ4n) is 3.47. The molecule has 5 heteroatoms. The van der Waals surface area contributed by atoms with Crippen molar-refractivity contribution in [3.05, 3.63) is 69.8 Å². The smallest absolute Gasteiger partial charge is 0.0744 e. The van der Waals surface area contributed by atoms with Gasteiger partial charge in [-0.3, -0.25) is 0 Å². The van der Waals surface area contributed by atoms with Crippen LogP contribution in [-0.2, 0) is 0 Å². The molecule has 0 aliphatic rings. The molecule has 0 radical (unpaired) electrons. The summed E-state index contributed by atoms with van der Waals surface area (Å²) < 4.78 is 0. The maximum Gasteiger partial charge on any atom is 0.0744 e. The third-order valence-electron chi connectivity index (χ3n) is 5.31. The second-order valence-electron chi connectivity index (χ2n) is 7.47. The zero-order valence-electron chi connectivity index (χ0n) is 17.8. The van der Waals surface area contributed by atoms with E-state index in [0.29, 0.717) is 11.1 Å². The van der Waals surface area contributed by atoms with Crippen LogP contribution in [-0.4, -0.2) is 35.6 Å². The van der Waals surface area contributed by atoms with Gasteiger partial charge in [0.05, 0.1) is 11.2 Å². The van der Waals surface area contributed by atoms with Crippen LogP contribution in [0, 0.1) is 0 Å². The van der Waals surface area contributed by atoms with Crippen molar-refractivity contribution in [2.24, 2.45) is 0 Å². The number of halogens is 2. The molecule has 0 aliphatic heterocycles. The minimum atomic E-state index is 0.340. The van der Waals surface area contributed by atoms with Gasteiger partial charge in [-0.25, -0.2) is 4.98 Å². The lowest BCUT2D eigenvalue weighted by molar-refractivity contribution is 0.295. The molecule has 0 saturated heterocycles. The zero-order chi connectivity index (χ0) is 21.5. The van der Waals surface area contributed by atoms with Crippen LogP contribution >= 0.6 is 23.2 Å². The maximum atomic E-state index is 6.29. The lowest BCUT2D eigenvalue weighted by Crippen LogP contribution is -2.28. The highest BCUT2D eigenvalue weighted by Gasteiger charge is 2.10. The fraction of sp³-hybridized carbons (Fsp3) is 0.320. The monoisotopic (exact) mass is 441 g/mol. The van der Waals surface area contributed by atoms with Gasteiger partial charge in [-0.2, -0.15) is 0 Å². The normalized spacial score (nSPS) is 12.7. The lowest BCUT2D eigenvalue weighted by Gasteiger charge is -2.22. The van der Waals surface area contributed by atoms with Gasteiger partial charge >= 0.3 is 0 Å². The molecule has 2 aromatic carbocycles. The second kappa shape index (κ2) is 10.8. The molecule has 1 heterocycles. The number of hydrogen-bond acceptors (Lipinski definition) is 3. The highest BCUT2D eigenvalue weighted by molar-refractivity contribution is 6.32. The van der Waals surface area contributed by atoms with Crippen molar-refractivity contribution >= 4 is 51.9 Å². The van der Waals surface area contributed by atoms with Crippen molar-refractivity contribution in [3.63, 3.8) is 0 Å². The third-order valence-corrected chi connectivity index (χ3v) is 5.88. The van der Waals surface area contributed by atoms with Crippen LogP contribution in [0.1, 0.15) is 38.4 Å². The summed E-state index contributed by atoms with van der Waals surface area (Å²) in [7, 11) is 0. The Hall–Kier alpha value is -2.07. The summed E-state index contributed by atoms with van der Waals surface area (Å²) in [6.45, 7) is 9.88. The summed E-state index contributed by atoms with van der Waals surface area (Å²) >= 11 is 12.5. The van der Waals surface area contributed by atoms with E-state index in [1.807, 2.05) is 54.6 Å². The van der Waals surface area contributed by atoms with Crippen LogP contribution in [0.15, 0.2) is 48.5 Å². The largest absolute Gasteiger partial charge is 0.382 e. The van der Waals surface area contributed by atoms with E-state index in [1.165, 1.54) is 0 Å². The van der Waals surface area contributed by atoms with Gasteiger partial charge < -0.3 is 10.2 Å². The van der Waals surface area contributed by atoms with E-state index >= 15 is 0 Å². The zero-order valence-corrected chi connectivity index (χ0v) is 19.3. The van der Waals surface area contributed by atoms with Gasteiger partial charge in [0.2, 0.25) is 0 Å². The molecule has 3 aromatic rings. The van der Waals surface area contributed by atoms with E-state index in [-0.39, 0.29) is 0 Å². The Morgan fingerprint density at radius 2 is 1.80 bits per heavy atom. The molecular weight excluding hydrogens is 413 g/mol. The number of nitrogens with zero attached hydrogens (tertiary/aromatic N) is 2. The number of fused-ring (bicyclic) bond motifs is 1. The highest BCUT2D eigenvalue weighted by atomic mass is 35.5. The van der Waals surface area contributed by atoms with E-state index in [2.05, 4.69) is 37.1 Å². The molecule has 0 fully saturated rings. The van der Waals surface area contributed by atoms with Crippen molar-refractivity contribution in [1.29, 1.82) is 0 Å². The molecule has 30 heavy (non-hydrogen) atoms. The summed E-state index contributed by atoms with van der Waals surface area (Å²) in [4.78, 5) is 7.23. The Bertz CT molecular complexity index is 1010. The minimum Gasteiger partial charge on any atom is -0.382 e. The molecule has 158 valence electrons. The Morgan fingerprint density at radius 3 is 2.53 bits per heavy atom. The molecule has 3 rings (SSSR count). The second-order valence-corrected chi connectivity index (χ2v) is 8.32. The molecule has 0 amide bonds. The molecule has 1 unspecified atom stereocenters. The number of pyridine rings is 1. The molecule has 0 saturated carbocycles. The predicted molar refractivity (Wildman–Crippen MR) is 133 cm³/mol. The fourth-order valence-corrected chi connectivity index (χ4v) is 3.83. The van der Waals surface area contributed by atoms with Crippen LogP contribution in [0.2, 0.25) is 10.0 Å². The Morgan fingerprint density at radius 1 is 1.03 bits per heavy atom. The van der Waals surface area contributed by atoms with Crippen molar-refractivity contribution in [1.82, 2.24) is 9.88 Å². The topological polar surface area (TPSA) is 28.2 Å². The number of nitrogens with one attached hydrogen (secondary N) is 1. The molecular formula is C25H29Cl2N3. The first-order valence-corrected chi connectivity index (χ1v) is 11.3. The molecule has 0 bridgehead atoms. The minimum absolute atomic E-state index is 0.340. The number of benzene rings is 2. The summed E-state index contributed by atoms with van der Waals surface area (Å²) in [5, 5.41) is 6.17. The van der Waals surface area contributed by atoms with Gasteiger partial charge in [0.1, 0.15) is 0 Å². The summed E-state index contributed by atoms with van der Waals surface area (Å²) in [6, 6.07) is 16.1. The lowest BCUT2D eigenvalue weighted by atomic mass is 10.1. The van der Waals surface area contributed by atoms with Gasteiger partial charge in [-0.1, -0.05) is 61.3 Å². The molecule has 3 nitrogen and oxygen atoms in total. The van der Waals surface area contributed by atoms with E-state index < -0.39 is 0 Å². The van der Waals surface area contributed by atoms with Gasteiger partial charge in [0.15, 0.2) is 0 Å². The SMILES string of the molecule is CCN(CC)CCC(C)Nc1cc(/C=C/c2ccccc2Cl)nc2cc(Cl)ccc12. The Balaban J connectivity index is 1.88. The van der Waals surface area contributed by atoms with Gasteiger partial charge in [-0.05, 0) is 68.4 Å². The highest BCUT2D eigenvalue weighted by Crippen LogP contribution is 2.28. The first-order valence-electron chi connectivity index (χ1n) is 10.5. The molecule has 1 aromatic heterocycles. The van der Waals surface area contributed by atoms with Gasteiger partial charge in [0.25, 0.3) is 0 Å².